The number of hydrogen-bond donors (Lipinski definition) is 2. The Hall–Kier alpha value is -3.26. The predicted molar refractivity (Wildman–Crippen MR) is 108 cm³/mol. The third kappa shape index (κ3) is 4.01. The molecule has 3 rings (SSSR count). The first kappa shape index (κ1) is 19.5. The Labute approximate surface area is 166 Å². The number of methoxy groups -OCH3 is 1. The maximum Gasteiger partial charge on any atom is 0.337 e. The summed E-state index contributed by atoms with van der Waals surface area (Å²) in [5.41, 5.74) is 1.26. The minimum atomic E-state index is -0.514. The Balaban J connectivity index is 1.87. The van der Waals surface area contributed by atoms with Crippen molar-refractivity contribution in [2.45, 2.75) is 19.5 Å². The summed E-state index contributed by atoms with van der Waals surface area (Å²) in [5.74, 6) is -0.844. The third-order valence-corrected chi connectivity index (χ3v) is 4.70. The first-order valence-electron chi connectivity index (χ1n) is 8.60. The van der Waals surface area contributed by atoms with Gasteiger partial charge in [-0.25, -0.2) is 4.79 Å². The first-order chi connectivity index (χ1) is 13.4. The first-order valence-corrected chi connectivity index (χ1v) is 9.01. The molecule has 0 radical (unpaired) electrons. The van der Waals surface area contributed by atoms with Crippen molar-refractivity contribution in [2.75, 3.05) is 7.11 Å². The Morgan fingerprint density at radius 1 is 1.21 bits per heavy atom. The standard InChI is InChI=1S/C20H19N3O4S/c1-12(13-6-4-3-5-7-13)21-17(24)11-23-18(25)15-9-8-14(19(26)27-2)10-16(15)22-20(23)28/h3-10,12H,11H2,1-2H3,(H,21,24)(H,22,28)/t12-/m1/s1. The van der Waals surface area contributed by atoms with Gasteiger partial charge in [-0.05, 0) is 42.9 Å². The van der Waals surface area contributed by atoms with E-state index in [2.05, 4.69) is 15.0 Å². The molecule has 1 atom stereocenters. The number of carbonyl (C=O) groups excluding carboxylic acids is 2. The second-order valence-electron chi connectivity index (χ2n) is 6.27. The molecule has 0 spiro atoms. The summed E-state index contributed by atoms with van der Waals surface area (Å²) in [6.45, 7) is 1.66. The number of nitrogens with zero attached hydrogens (tertiary/aromatic N) is 1. The van der Waals surface area contributed by atoms with Crippen LogP contribution in [0.25, 0.3) is 10.9 Å². The summed E-state index contributed by atoms with van der Waals surface area (Å²) in [4.78, 5) is 39.8. The number of H-pyrrole nitrogens is 1. The van der Waals surface area contributed by atoms with Crippen molar-refractivity contribution in [1.29, 1.82) is 0 Å². The third-order valence-electron chi connectivity index (χ3n) is 4.38. The molecular weight excluding hydrogens is 378 g/mol. The maximum absolute atomic E-state index is 12.8. The minimum Gasteiger partial charge on any atom is -0.465 e. The number of benzene rings is 2. The fourth-order valence-corrected chi connectivity index (χ4v) is 3.16. The smallest absolute Gasteiger partial charge is 0.337 e. The normalized spacial score (nSPS) is 11.8. The summed E-state index contributed by atoms with van der Waals surface area (Å²) in [5, 5.41) is 3.18. The highest BCUT2D eigenvalue weighted by atomic mass is 32.1. The number of fused-ring (bicyclic) bond motifs is 1. The number of aromatic amines is 1. The average molecular weight is 397 g/mol. The number of aromatic nitrogens is 2. The molecule has 8 heteroatoms. The lowest BCUT2D eigenvalue weighted by atomic mass is 10.1. The van der Waals surface area contributed by atoms with Gasteiger partial charge in [0.25, 0.3) is 5.56 Å². The van der Waals surface area contributed by atoms with E-state index < -0.39 is 11.5 Å². The van der Waals surface area contributed by atoms with E-state index in [-0.39, 0.29) is 23.3 Å². The van der Waals surface area contributed by atoms with Crippen LogP contribution >= 0.6 is 12.2 Å². The van der Waals surface area contributed by atoms with Crippen LogP contribution in [0.5, 0.6) is 0 Å². The molecule has 1 heterocycles. The Morgan fingerprint density at radius 3 is 2.61 bits per heavy atom. The average Bonchev–Trinajstić information content (AvgIpc) is 2.70. The van der Waals surface area contributed by atoms with Crippen LogP contribution in [0.4, 0.5) is 0 Å². The Bertz CT molecular complexity index is 1150. The molecule has 0 aliphatic heterocycles. The van der Waals surface area contributed by atoms with Crippen molar-refractivity contribution in [1.82, 2.24) is 14.9 Å². The van der Waals surface area contributed by atoms with Gasteiger partial charge in [-0.15, -0.1) is 0 Å². The van der Waals surface area contributed by atoms with Crippen LogP contribution in [0.1, 0.15) is 28.9 Å². The van der Waals surface area contributed by atoms with Gasteiger partial charge in [-0.1, -0.05) is 30.3 Å². The fraction of sp³-hybridized carbons (Fsp3) is 0.200. The molecular formula is C20H19N3O4S. The molecule has 3 aromatic rings. The number of ether oxygens (including phenoxy) is 1. The molecule has 7 nitrogen and oxygen atoms in total. The SMILES string of the molecule is COC(=O)c1ccc2c(=O)n(CC(=O)N[C@H](C)c3ccccc3)c(=S)[nH]c2c1. The molecule has 0 bridgehead atoms. The molecule has 0 saturated carbocycles. The summed E-state index contributed by atoms with van der Waals surface area (Å²) in [6.07, 6.45) is 0. The van der Waals surface area contributed by atoms with Gasteiger partial charge in [0.2, 0.25) is 5.91 Å². The molecule has 0 fully saturated rings. The lowest BCUT2D eigenvalue weighted by Crippen LogP contribution is -2.34. The molecule has 0 unspecified atom stereocenters. The predicted octanol–water partition coefficient (Wildman–Crippen LogP) is 2.72. The molecule has 28 heavy (non-hydrogen) atoms. The second kappa shape index (κ2) is 8.18. The molecule has 144 valence electrons. The molecule has 1 amide bonds. The topological polar surface area (TPSA) is 93.2 Å². The summed E-state index contributed by atoms with van der Waals surface area (Å²) in [6, 6.07) is 13.8. The van der Waals surface area contributed by atoms with Crippen molar-refractivity contribution in [3.63, 3.8) is 0 Å². The minimum absolute atomic E-state index is 0.0991. The summed E-state index contributed by atoms with van der Waals surface area (Å²) < 4.78 is 5.98. The number of rotatable bonds is 5. The zero-order valence-corrected chi connectivity index (χ0v) is 16.2. The van der Waals surface area contributed by atoms with E-state index in [0.717, 1.165) is 5.56 Å². The van der Waals surface area contributed by atoms with E-state index in [0.29, 0.717) is 16.5 Å². The van der Waals surface area contributed by atoms with E-state index >= 15 is 0 Å². The fourth-order valence-electron chi connectivity index (χ4n) is 2.90. The highest BCUT2D eigenvalue weighted by molar-refractivity contribution is 7.71. The van der Waals surface area contributed by atoms with Gasteiger partial charge >= 0.3 is 5.97 Å². The number of esters is 1. The van der Waals surface area contributed by atoms with Gasteiger partial charge in [-0.2, -0.15) is 0 Å². The van der Waals surface area contributed by atoms with Crippen LogP contribution in [0, 0.1) is 4.77 Å². The summed E-state index contributed by atoms with van der Waals surface area (Å²) in [7, 11) is 1.28. The number of hydrogen-bond acceptors (Lipinski definition) is 5. The Morgan fingerprint density at radius 2 is 1.93 bits per heavy atom. The van der Waals surface area contributed by atoms with E-state index in [1.54, 1.807) is 0 Å². The van der Waals surface area contributed by atoms with Crippen molar-refractivity contribution >= 4 is 35.0 Å². The maximum atomic E-state index is 12.8. The van der Waals surface area contributed by atoms with Crippen molar-refractivity contribution in [3.05, 3.63) is 74.8 Å². The zero-order valence-electron chi connectivity index (χ0n) is 15.4. The number of carbonyl (C=O) groups is 2. The van der Waals surface area contributed by atoms with E-state index in [1.807, 2.05) is 37.3 Å². The van der Waals surface area contributed by atoms with E-state index in [1.165, 1.54) is 29.9 Å². The molecule has 1 aromatic heterocycles. The quantitative estimate of drug-likeness (QED) is 0.510. The van der Waals surface area contributed by atoms with E-state index in [4.69, 9.17) is 12.2 Å². The van der Waals surface area contributed by atoms with Crippen molar-refractivity contribution < 1.29 is 14.3 Å². The van der Waals surface area contributed by atoms with Gasteiger partial charge in [0.15, 0.2) is 4.77 Å². The lowest BCUT2D eigenvalue weighted by molar-refractivity contribution is -0.122. The van der Waals surface area contributed by atoms with Gasteiger partial charge in [0.1, 0.15) is 6.54 Å². The van der Waals surface area contributed by atoms with Gasteiger partial charge in [-0.3, -0.25) is 14.2 Å². The molecule has 0 saturated heterocycles. The van der Waals surface area contributed by atoms with Gasteiger partial charge in [0.05, 0.1) is 29.6 Å². The van der Waals surface area contributed by atoms with Crippen LogP contribution in [0.3, 0.4) is 0 Å². The van der Waals surface area contributed by atoms with Gasteiger partial charge in [0, 0.05) is 0 Å². The van der Waals surface area contributed by atoms with Crippen LogP contribution in [0.15, 0.2) is 53.3 Å². The van der Waals surface area contributed by atoms with Crippen LogP contribution in [0.2, 0.25) is 0 Å². The Kier molecular flexibility index (Phi) is 5.70. The monoisotopic (exact) mass is 397 g/mol. The van der Waals surface area contributed by atoms with E-state index in [9.17, 15) is 14.4 Å². The van der Waals surface area contributed by atoms with Crippen molar-refractivity contribution in [3.8, 4) is 0 Å². The van der Waals surface area contributed by atoms with Crippen LogP contribution in [-0.4, -0.2) is 28.5 Å². The lowest BCUT2D eigenvalue weighted by Gasteiger charge is -2.15. The molecule has 2 N–H and O–H groups in total. The number of nitrogens with one attached hydrogen (secondary N) is 2. The highest BCUT2D eigenvalue weighted by Gasteiger charge is 2.14. The molecule has 2 aromatic carbocycles. The van der Waals surface area contributed by atoms with Crippen LogP contribution in [-0.2, 0) is 16.1 Å². The van der Waals surface area contributed by atoms with Crippen LogP contribution < -0.4 is 10.9 Å². The second-order valence-corrected chi connectivity index (χ2v) is 6.66. The largest absolute Gasteiger partial charge is 0.465 e. The molecule has 0 aliphatic rings. The highest BCUT2D eigenvalue weighted by Crippen LogP contribution is 2.13. The molecule has 0 aliphatic carbocycles. The number of amides is 1. The van der Waals surface area contributed by atoms with Gasteiger partial charge < -0.3 is 15.0 Å². The summed E-state index contributed by atoms with van der Waals surface area (Å²) >= 11 is 5.24. The zero-order chi connectivity index (χ0) is 20.3. The van der Waals surface area contributed by atoms with Crippen molar-refractivity contribution in [2.24, 2.45) is 0 Å².